The zero-order valence-corrected chi connectivity index (χ0v) is 12.0. The molecule has 2 rings (SSSR count). The highest BCUT2D eigenvalue weighted by molar-refractivity contribution is 5.93. The van der Waals surface area contributed by atoms with E-state index < -0.39 is 0 Å². The maximum absolute atomic E-state index is 11.5. The van der Waals surface area contributed by atoms with Gasteiger partial charge in [0.1, 0.15) is 5.76 Å². The molecule has 2 aromatic rings. The van der Waals surface area contributed by atoms with Crippen LogP contribution in [0.2, 0.25) is 0 Å². The quantitative estimate of drug-likeness (QED) is 0.905. The average Bonchev–Trinajstić information content (AvgIpc) is 2.84. The van der Waals surface area contributed by atoms with Crippen molar-refractivity contribution >= 4 is 5.91 Å². The van der Waals surface area contributed by atoms with Crippen LogP contribution in [-0.4, -0.2) is 30.1 Å². The molecule has 1 aromatic heterocycles. The minimum absolute atomic E-state index is 0.0667. The van der Waals surface area contributed by atoms with E-state index in [0.29, 0.717) is 5.56 Å². The second-order valence-corrected chi connectivity index (χ2v) is 4.88. The van der Waals surface area contributed by atoms with Gasteiger partial charge in [0, 0.05) is 31.8 Å². The van der Waals surface area contributed by atoms with Crippen LogP contribution >= 0.6 is 0 Å². The average molecular weight is 273 g/mol. The summed E-state index contributed by atoms with van der Waals surface area (Å²) in [6.45, 7) is 3.41. The fraction of sp³-hybridized carbons (Fsp3) is 0.333. The van der Waals surface area contributed by atoms with Gasteiger partial charge in [0.05, 0.1) is 5.69 Å². The number of carbonyl (C=O) groups excluding carboxylic acids is 1. The third-order valence-electron chi connectivity index (χ3n) is 3.00. The summed E-state index contributed by atoms with van der Waals surface area (Å²) in [5, 5.41) is 6.58. The smallest absolute Gasteiger partial charge is 0.251 e. The lowest BCUT2D eigenvalue weighted by Gasteiger charge is -2.15. The van der Waals surface area contributed by atoms with Crippen LogP contribution in [0.1, 0.15) is 27.4 Å². The van der Waals surface area contributed by atoms with E-state index in [0.717, 1.165) is 30.1 Å². The number of aromatic nitrogens is 1. The van der Waals surface area contributed by atoms with Crippen molar-refractivity contribution in [2.75, 3.05) is 14.1 Å². The maximum atomic E-state index is 11.5. The molecule has 1 N–H and O–H groups in total. The molecule has 0 aliphatic heterocycles. The Bertz CT molecular complexity index is 575. The van der Waals surface area contributed by atoms with E-state index in [-0.39, 0.29) is 5.91 Å². The van der Waals surface area contributed by atoms with Crippen molar-refractivity contribution in [2.24, 2.45) is 0 Å². The molecular formula is C15H19N3O2. The molecule has 20 heavy (non-hydrogen) atoms. The first-order valence-electron chi connectivity index (χ1n) is 6.50. The predicted molar refractivity (Wildman–Crippen MR) is 76.2 cm³/mol. The summed E-state index contributed by atoms with van der Waals surface area (Å²) < 4.78 is 5.05. The van der Waals surface area contributed by atoms with Gasteiger partial charge in [-0.15, -0.1) is 0 Å². The molecule has 0 spiro atoms. The molecule has 106 valence electrons. The Morgan fingerprint density at radius 3 is 2.55 bits per heavy atom. The fourth-order valence-electron chi connectivity index (χ4n) is 2.04. The number of carbonyl (C=O) groups is 1. The number of benzene rings is 1. The lowest BCUT2D eigenvalue weighted by atomic mass is 10.1. The molecule has 5 heteroatoms. The van der Waals surface area contributed by atoms with Crippen molar-refractivity contribution in [1.82, 2.24) is 15.4 Å². The van der Waals surface area contributed by atoms with E-state index in [4.69, 9.17) is 4.52 Å². The molecule has 0 radical (unpaired) electrons. The Morgan fingerprint density at radius 1 is 1.30 bits per heavy atom. The maximum Gasteiger partial charge on any atom is 0.251 e. The summed E-state index contributed by atoms with van der Waals surface area (Å²) in [5.74, 6) is 0.756. The number of hydrogen-bond donors (Lipinski definition) is 1. The van der Waals surface area contributed by atoms with Gasteiger partial charge < -0.3 is 9.84 Å². The van der Waals surface area contributed by atoms with Crippen LogP contribution < -0.4 is 5.32 Å². The number of nitrogens with one attached hydrogen (secondary N) is 1. The normalized spacial score (nSPS) is 10.8. The Hall–Kier alpha value is -2.14. The van der Waals surface area contributed by atoms with E-state index in [2.05, 4.69) is 15.4 Å². The van der Waals surface area contributed by atoms with Crippen molar-refractivity contribution in [3.05, 3.63) is 52.9 Å². The number of aryl methyl sites for hydroxylation is 1. The molecule has 0 aliphatic carbocycles. The Balaban J connectivity index is 1.94. The molecule has 0 bridgehead atoms. The summed E-state index contributed by atoms with van der Waals surface area (Å²) in [6, 6.07) is 9.54. The van der Waals surface area contributed by atoms with Gasteiger partial charge in [-0.1, -0.05) is 17.3 Å². The summed E-state index contributed by atoms with van der Waals surface area (Å²) >= 11 is 0. The summed E-state index contributed by atoms with van der Waals surface area (Å²) in [4.78, 5) is 13.6. The van der Waals surface area contributed by atoms with Crippen LogP contribution in [0.3, 0.4) is 0 Å². The van der Waals surface area contributed by atoms with E-state index in [1.165, 1.54) is 0 Å². The highest BCUT2D eigenvalue weighted by atomic mass is 16.5. The number of amides is 1. The third-order valence-corrected chi connectivity index (χ3v) is 3.00. The van der Waals surface area contributed by atoms with Crippen molar-refractivity contribution in [1.29, 1.82) is 0 Å². The largest absolute Gasteiger partial charge is 0.361 e. The van der Waals surface area contributed by atoms with Gasteiger partial charge in [0.15, 0.2) is 0 Å². The monoisotopic (exact) mass is 273 g/mol. The first-order valence-corrected chi connectivity index (χ1v) is 6.50. The molecule has 1 aromatic carbocycles. The van der Waals surface area contributed by atoms with Crippen molar-refractivity contribution < 1.29 is 9.32 Å². The van der Waals surface area contributed by atoms with Crippen LogP contribution in [0, 0.1) is 6.92 Å². The first kappa shape index (κ1) is 14.3. The molecule has 0 aliphatic rings. The zero-order valence-electron chi connectivity index (χ0n) is 12.0. The fourth-order valence-corrected chi connectivity index (χ4v) is 2.04. The van der Waals surface area contributed by atoms with Crippen molar-refractivity contribution in [3.8, 4) is 0 Å². The van der Waals surface area contributed by atoms with Gasteiger partial charge >= 0.3 is 0 Å². The molecule has 5 nitrogen and oxygen atoms in total. The van der Waals surface area contributed by atoms with Crippen LogP contribution in [0.5, 0.6) is 0 Å². The Labute approximate surface area is 118 Å². The Morgan fingerprint density at radius 2 is 2.00 bits per heavy atom. The van der Waals surface area contributed by atoms with E-state index in [1.54, 1.807) is 7.05 Å². The van der Waals surface area contributed by atoms with Crippen molar-refractivity contribution in [3.63, 3.8) is 0 Å². The second-order valence-electron chi connectivity index (χ2n) is 4.88. The van der Waals surface area contributed by atoms with Crippen molar-refractivity contribution in [2.45, 2.75) is 20.0 Å². The topological polar surface area (TPSA) is 58.4 Å². The zero-order chi connectivity index (χ0) is 14.5. The predicted octanol–water partition coefficient (Wildman–Crippen LogP) is 1.97. The number of nitrogens with zero attached hydrogens (tertiary/aromatic N) is 2. The van der Waals surface area contributed by atoms with E-state index >= 15 is 0 Å². The summed E-state index contributed by atoms with van der Waals surface area (Å²) in [7, 11) is 3.65. The highest BCUT2D eigenvalue weighted by Crippen LogP contribution is 2.10. The molecule has 0 fully saturated rings. The van der Waals surface area contributed by atoms with Crippen LogP contribution in [0.15, 0.2) is 34.9 Å². The third kappa shape index (κ3) is 3.68. The van der Waals surface area contributed by atoms with Crippen LogP contribution in [-0.2, 0) is 13.1 Å². The first-order chi connectivity index (χ1) is 9.58. The SMILES string of the molecule is CNC(=O)c1ccc(CN(C)Cc2cc(C)on2)cc1. The molecular weight excluding hydrogens is 254 g/mol. The standard InChI is InChI=1S/C15H19N3O2/c1-11-8-14(17-20-11)10-18(3)9-12-4-6-13(7-5-12)15(19)16-2/h4-8H,9-10H2,1-3H3,(H,16,19). The van der Waals surface area contributed by atoms with Crippen LogP contribution in [0.25, 0.3) is 0 Å². The second kappa shape index (κ2) is 6.34. The van der Waals surface area contributed by atoms with Gasteiger partial charge in [-0.2, -0.15) is 0 Å². The lowest BCUT2D eigenvalue weighted by Crippen LogP contribution is -2.19. The van der Waals surface area contributed by atoms with E-state index in [9.17, 15) is 4.79 Å². The van der Waals surface area contributed by atoms with Gasteiger partial charge in [-0.3, -0.25) is 9.69 Å². The van der Waals surface area contributed by atoms with Gasteiger partial charge in [0.25, 0.3) is 5.91 Å². The molecule has 1 amide bonds. The molecule has 1 heterocycles. The van der Waals surface area contributed by atoms with Crippen LogP contribution in [0.4, 0.5) is 0 Å². The van der Waals surface area contributed by atoms with Gasteiger partial charge in [-0.05, 0) is 31.7 Å². The molecule has 0 saturated carbocycles. The minimum atomic E-state index is -0.0667. The molecule has 0 unspecified atom stereocenters. The molecule has 0 saturated heterocycles. The van der Waals surface area contributed by atoms with E-state index in [1.807, 2.05) is 44.3 Å². The molecule has 0 atom stereocenters. The Kier molecular flexibility index (Phi) is 4.53. The minimum Gasteiger partial charge on any atom is -0.361 e. The van der Waals surface area contributed by atoms with Gasteiger partial charge in [-0.25, -0.2) is 0 Å². The lowest BCUT2D eigenvalue weighted by molar-refractivity contribution is 0.0963. The van der Waals surface area contributed by atoms with Gasteiger partial charge in [0.2, 0.25) is 0 Å². The number of rotatable bonds is 5. The summed E-state index contributed by atoms with van der Waals surface area (Å²) in [6.07, 6.45) is 0. The summed E-state index contributed by atoms with van der Waals surface area (Å²) in [5.41, 5.74) is 2.75. The number of hydrogen-bond acceptors (Lipinski definition) is 4. The highest BCUT2D eigenvalue weighted by Gasteiger charge is 2.07.